The van der Waals surface area contributed by atoms with Gasteiger partial charge in [0.25, 0.3) is 0 Å². The largest absolute Gasteiger partial charge is 0.387 e. The van der Waals surface area contributed by atoms with Gasteiger partial charge in [0.05, 0.1) is 18.4 Å². The summed E-state index contributed by atoms with van der Waals surface area (Å²) in [6.45, 7) is 2.45. The van der Waals surface area contributed by atoms with Gasteiger partial charge in [-0.1, -0.05) is 0 Å². The van der Waals surface area contributed by atoms with Crippen LogP contribution in [-0.4, -0.2) is 29.6 Å². The van der Waals surface area contributed by atoms with E-state index in [1.165, 1.54) is 0 Å². The van der Waals surface area contributed by atoms with Crippen molar-refractivity contribution in [1.82, 2.24) is 4.98 Å². The second-order valence-electron chi connectivity index (χ2n) is 2.94. The molecule has 4 heteroatoms. The van der Waals surface area contributed by atoms with E-state index in [1.54, 1.807) is 32.0 Å². The van der Waals surface area contributed by atoms with Gasteiger partial charge in [0, 0.05) is 24.0 Å². The van der Waals surface area contributed by atoms with Gasteiger partial charge in [-0.3, -0.25) is 4.98 Å². The van der Waals surface area contributed by atoms with E-state index in [4.69, 9.17) is 4.74 Å². The smallest absolute Gasteiger partial charge is 0.0931 e. The number of aliphatic hydroxyl groups excluding tert-OH is 1. The van der Waals surface area contributed by atoms with Crippen LogP contribution in [0.2, 0.25) is 0 Å². The lowest BCUT2D eigenvalue weighted by Gasteiger charge is -2.04. The van der Waals surface area contributed by atoms with Crippen LogP contribution in [0.4, 0.5) is 0 Å². The third-order valence-electron chi connectivity index (χ3n) is 1.74. The van der Waals surface area contributed by atoms with E-state index in [9.17, 15) is 5.11 Å². The maximum atomic E-state index is 9.24. The molecule has 0 saturated heterocycles. The van der Waals surface area contributed by atoms with Crippen molar-refractivity contribution in [2.45, 2.75) is 17.9 Å². The Morgan fingerprint density at radius 1 is 1.57 bits per heavy atom. The van der Waals surface area contributed by atoms with Crippen LogP contribution in [0.25, 0.3) is 0 Å². The van der Waals surface area contributed by atoms with Crippen molar-refractivity contribution in [2.24, 2.45) is 0 Å². The Morgan fingerprint density at radius 3 is 2.86 bits per heavy atom. The molecule has 0 bridgehead atoms. The van der Waals surface area contributed by atoms with Gasteiger partial charge in [0.1, 0.15) is 0 Å². The molecule has 0 spiro atoms. The highest BCUT2D eigenvalue weighted by atomic mass is 32.2. The number of pyridine rings is 1. The zero-order valence-corrected chi connectivity index (χ0v) is 9.25. The molecule has 78 valence electrons. The Labute approximate surface area is 88.5 Å². The molecule has 1 N–H and O–H groups in total. The van der Waals surface area contributed by atoms with Crippen molar-refractivity contribution < 1.29 is 9.84 Å². The standard InChI is InChI=1S/C10H15NO2S/c1-8(12)10-4-3-9(7-11-10)14-6-5-13-2/h3-4,7-8,12H,5-6H2,1-2H3. The Hall–Kier alpha value is -0.580. The number of hydrogen-bond donors (Lipinski definition) is 1. The Morgan fingerprint density at radius 2 is 2.36 bits per heavy atom. The van der Waals surface area contributed by atoms with Crippen LogP contribution in [0.3, 0.4) is 0 Å². The lowest BCUT2D eigenvalue weighted by molar-refractivity contribution is 0.194. The van der Waals surface area contributed by atoms with E-state index in [1.807, 2.05) is 12.1 Å². The van der Waals surface area contributed by atoms with Crippen LogP contribution in [0.15, 0.2) is 23.2 Å². The van der Waals surface area contributed by atoms with Crippen LogP contribution in [-0.2, 0) is 4.74 Å². The predicted octanol–water partition coefficient (Wildman–Crippen LogP) is 1.87. The van der Waals surface area contributed by atoms with Crippen molar-refractivity contribution in [1.29, 1.82) is 0 Å². The summed E-state index contributed by atoms with van der Waals surface area (Å²) in [6, 6.07) is 3.81. The second kappa shape index (κ2) is 6.01. The third kappa shape index (κ3) is 3.65. The Bertz CT molecular complexity index is 261. The topological polar surface area (TPSA) is 42.4 Å². The molecule has 0 fully saturated rings. The fourth-order valence-electron chi connectivity index (χ4n) is 0.967. The number of thioether (sulfide) groups is 1. The van der Waals surface area contributed by atoms with Gasteiger partial charge in [-0.25, -0.2) is 0 Å². The molecule has 0 aromatic carbocycles. The van der Waals surface area contributed by atoms with Crippen LogP contribution in [0.1, 0.15) is 18.7 Å². The van der Waals surface area contributed by atoms with Gasteiger partial charge < -0.3 is 9.84 Å². The lowest BCUT2D eigenvalue weighted by Crippen LogP contribution is -1.95. The first kappa shape index (κ1) is 11.5. The summed E-state index contributed by atoms with van der Waals surface area (Å²) in [7, 11) is 1.69. The average Bonchev–Trinajstić information content (AvgIpc) is 2.19. The summed E-state index contributed by atoms with van der Waals surface area (Å²) in [5, 5.41) is 9.24. The van der Waals surface area contributed by atoms with Gasteiger partial charge in [0.2, 0.25) is 0 Å². The normalized spacial score (nSPS) is 12.8. The molecule has 1 aromatic rings. The predicted molar refractivity (Wildman–Crippen MR) is 57.5 cm³/mol. The Kier molecular flexibility index (Phi) is 4.93. The summed E-state index contributed by atoms with van der Waals surface area (Å²) in [4.78, 5) is 5.25. The molecule has 1 heterocycles. The number of aromatic nitrogens is 1. The number of rotatable bonds is 5. The van der Waals surface area contributed by atoms with Gasteiger partial charge >= 0.3 is 0 Å². The molecule has 1 aromatic heterocycles. The van der Waals surface area contributed by atoms with E-state index in [-0.39, 0.29) is 0 Å². The second-order valence-corrected chi connectivity index (χ2v) is 4.10. The maximum Gasteiger partial charge on any atom is 0.0931 e. The minimum absolute atomic E-state index is 0.493. The van der Waals surface area contributed by atoms with Crippen molar-refractivity contribution in [2.75, 3.05) is 19.5 Å². The third-order valence-corrected chi connectivity index (χ3v) is 2.69. The first-order valence-electron chi connectivity index (χ1n) is 4.50. The molecule has 1 unspecified atom stereocenters. The lowest BCUT2D eigenvalue weighted by atomic mass is 10.2. The zero-order valence-electron chi connectivity index (χ0n) is 8.43. The van der Waals surface area contributed by atoms with Crippen molar-refractivity contribution in [3.05, 3.63) is 24.0 Å². The number of ether oxygens (including phenoxy) is 1. The molecular formula is C10H15NO2S. The van der Waals surface area contributed by atoms with Crippen molar-refractivity contribution >= 4 is 11.8 Å². The van der Waals surface area contributed by atoms with Crippen molar-refractivity contribution in [3.8, 4) is 0 Å². The highest BCUT2D eigenvalue weighted by Gasteiger charge is 2.01. The summed E-state index contributed by atoms with van der Waals surface area (Å²) in [5.74, 6) is 0.923. The molecule has 14 heavy (non-hydrogen) atoms. The molecule has 0 aliphatic carbocycles. The van der Waals surface area contributed by atoms with E-state index in [0.717, 1.165) is 17.3 Å². The summed E-state index contributed by atoms with van der Waals surface area (Å²) < 4.78 is 4.94. The monoisotopic (exact) mass is 213 g/mol. The van der Waals surface area contributed by atoms with E-state index in [2.05, 4.69) is 4.98 Å². The molecule has 0 amide bonds. The average molecular weight is 213 g/mol. The van der Waals surface area contributed by atoms with E-state index < -0.39 is 6.10 Å². The van der Waals surface area contributed by atoms with E-state index in [0.29, 0.717) is 5.69 Å². The molecule has 0 aliphatic heterocycles. The zero-order chi connectivity index (χ0) is 10.4. The van der Waals surface area contributed by atoms with Gasteiger partial charge in [-0.15, -0.1) is 11.8 Å². The summed E-state index contributed by atoms with van der Waals surface area (Å²) in [6.07, 6.45) is 1.29. The number of aliphatic hydroxyl groups is 1. The van der Waals surface area contributed by atoms with Crippen LogP contribution in [0.5, 0.6) is 0 Å². The fraction of sp³-hybridized carbons (Fsp3) is 0.500. The molecule has 0 aliphatic rings. The Balaban J connectivity index is 2.47. The van der Waals surface area contributed by atoms with Gasteiger partial charge in [0.15, 0.2) is 0 Å². The quantitative estimate of drug-likeness (QED) is 0.599. The first-order valence-corrected chi connectivity index (χ1v) is 5.48. The number of methoxy groups -OCH3 is 1. The molecule has 3 nitrogen and oxygen atoms in total. The molecular weight excluding hydrogens is 198 g/mol. The minimum atomic E-state index is -0.493. The highest BCUT2D eigenvalue weighted by Crippen LogP contribution is 2.18. The highest BCUT2D eigenvalue weighted by molar-refractivity contribution is 7.99. The molecule has 1 rings (SSSR count). The molecule has 0 saturated carbocycles. The molecule has 1 atom stereocenters. The fourth-order valence-corrected chi connectivity index (χ4v) is 1.74. The minimum Gasteiger partial charge on any atom is -0.387 e. The van der Waals surface area contributed by atoms with Gasteiger partial charge in [-0.05, 0) is 19.1 Å². The number of hydrogen-bond acceptors (Lipinski definition) is 4. The van der Waals surface area contributed by atoms with E-state index >= 15 is 0 Å². The van der Waals surface area contributed by atoms with Crippen LogP contribution in [0, 0.1) is 0 Å². The number of nitrogens with zero attached hydrogens (tertiary/aromatic N) is 1. The molecule has 0 radical (unpaired) electrons. The van der Waals surface area contributed by atoms with Crippen LogP contribution < -0.4 is 0 Å². The first-order chi connectivity index (χ1) is 6.74. The van der Waals surface area contributed by atoms with Crippen LogP contribution >= 0.6 is 11.8 Å². The summed E-state index contributed by atoms with van der Waals surface area (Å²) >= 11 is 1.70. The summed E-state index contributed by atoms with van der Waals surface area (Å²) in [5.41, 5.74) is 0.709. The SMILES string of the molecule is COCCSc1ccc(C(C)O)nc1. The maximum absolute atomic E-state index is 9.24. The van der Waals surface area contributed by atoms with Gasteiger partial charge in [-0.2, -0.15) is 0 Å². The van der Waals surface area contributed by atoms with Crippen molar-refractivity contribution in [3.63, 3.8) is 0 Å².